The normalized spacial score (nSPS) is 12.9. The molecule has 5 rings (SSSR count). The molecule has 0 unspecified atom stereocenters. The minimum Gasteiger partial charge on any atom is -0.493 e. The molecule has 11 heteroatoms. The van der Waals surface area contributed by atoms with Crippen LogP contribution in [-0.4, -0.2) is 60.2 Å². The molecule has 0 spiro atoms. The first-order chi connectivity index (χ1) is 20.4. The lowest BCUT2D eigenvalue weighted by Crippen LogP contribution is -2.46. The number of aromatic amines is 1. The van der Waals surface area contributed by atoms with Crippen molar-refractivity contribution in [3.05, 3.63) is 65.7 Å². The summed E-state index contributed by atoms with van der Waals surface area (Å²) in [6, 6.07) is 5.69. The highest BCUT2D eigenvalue weighted by Crippen LogP contribution is 2.44. The van der Waals surface area contributed by atoms with E-state index in [0.29, 0.717) is 34.4 Å². The molecule has 220 valence electrons. The molecule has 4 heterocycles. The third-order valence-electron chi connectivity index (χ3n) is 7.10. The number of pyridine rings is 2. The molecule has 1 aliphatic rings. The van der Waals surface area contributed by atoms with Gasteiger partial charge in [0.1, 0.15) is 11.3 Å². The van der Waals surface area contributed by atoms with E-state index in [1.54, 1.807) is 30.7 Å². The number of hydrogen-bond acceptors (Lipinski definition) is 6. The fraction of sp³-hybridized carbons (Fsp3) is 0.323. The van der Waals surface area contributed by atoms with Crippen LogP contribution in [0.5, 0.6) is 11.5 Å². The summed E-state index contributed by atoms with van der Waals surface area (Å²) < 4.78 is 41.3. The minimum atomic E-state index is -1.01. The summed E-state index contributed by atoms with van der Waals surface area (Å²) in [4.78, 5) is 30.8. The topological polar surface area (TPSA) is 86.8 Å². The van der Waals surface area contributed by atoms with Crippen molar-refractivity contribution in [3.63, 3.8) is 0 Å². The van der Waals surface area contributed by atoms with Crippen molar-refractivity contribution >= 4 is 34.1 Å². The predicted molar refractivity (Wildman–Crippen MR) is 160 cm³/mol. The average Bonchev–Trinajstić information content (AvgIpc) is 3.41. The smallest absolute Gasteiger partial charge is 0.334 e. The second kappa shape index (κ2) is 12.4. The second-order valence-corrected chi connectivity index (χ2v) is 9.94. The van der Waals surface area contributed by atoms with Gasteiger partial charge in [0, 0.05) is 62.1 Å². The summed E-state index contributed by atoms with van der Waals surface area (Å²) in [5.41, 5.74) is 2.49. The van der Waals surface area contributed by atoms with E-state index < -0.39 is 23.4 Å². The number of nitrogens with zero attached hydrogens (tertiary/aromatic N) is 5. The van der Waals surface area contributed by atoms with Crippen LogP contribution in [-0.2, 0) is 13.0 Å². The van der Waals surface area contributed by atoms with Gasteiger partial charge < -0.3 is 19.4 Å². The number of rotatable bonds is 9. The standard InChI is InChI=1S/C31H32F2N6O3.H2/c1-5-14-37(2)15-8-6-7-9-21-16-23-28-20(18-35-30(23)36-21)19-38(31(40)39(28)22-10-12-34-13-11-22)29-26(32)24(41-3)17-25(42-4)27(29)33;/h10-13,16-18H,5,8-9,14-15,19H2,1-4H3,(H,35,36);1H. The van der Waals surface area contributed by atoms with Gasteiger partial charge in [-0.15, -0.1) is 5.92 Å². The summed E-state index contributed by atoms with van der Waals surface area (Å²) in [6.45, 7) is 3.96. The van der Waals surface area contributed by atoms with Crippen LogP contribution in [0.3, 0.4) is 0 Å². The van der Waals surface area contributed by atoms with Gasteiger partial charge >= 0.3 is 6.03 Å². The number of amides is 2. The van der Waals surface area contributed by atoms with Crippen molar-refractivity contribution in [2.75, 3.05) is 44.2 Å². The summed E-state index contributed by atoms with van der Waals surface area (Å²) in [5, 5.41) is 0.695. The number of anilines is 3. The summed E-state index contributed by atoms with van der Waals surface area (Å²) >= 11 is 0. The van der Waals surface area contributed by atoms with Gasteiger partial charge in [-0.2, -0.15) is 0 Å². The van der Waals surface area contributed by atoms with Crippen molar-refractivity contribution < 1.29 is 24.5 Å². The SMILES string of the molecule is CCCN(C)CCC#CCc1cc2c3c(cnc2[nH]1)CN(c1c(F)c(OC)cc(OC)c1F)C(=O)N3c1ccncc1.[HH]. The highest BCUT2D eigenvalue weighted by molar-refractivity contribution is 6.15. The van der Waals surface area contributed by atoms with Crippen LogP contribution in [0, 0.1) is 23.5 Å². The van der Waals surface area contributed by atoms with Gasteiger partial charge in [-0.25, -0.2) is 18.6 Å². The van der Waals surface area contributed by atoms with Crippen molar-refractivity contribution in [2.45, 2.75) is 32.7 Å². The number of urea groups is 1. The molecule has 1 N–H and O–H groups in total. The number of halogens is 2. The first-order valence-electron chi connectivity index (χ1n) is 13.6. The Hall–Kier alpha value is -4.69. The number of ether oxygens (including phenoxy) is 2. The molecule has 0 saturated carbocycles. The maximum absolute atomic E-state index is 15.5. The van der Waals surface area contributed by atoms with Gasteiger partial charge in [0.2, 0.25) is 0 Å². The van der Waals surface area contributed by atoms with Gasteiger partial charge in [-0.1, -0.05) is 12.8 Å². The minimum absolute atomic E-state index is 0. The molecular formula is C31H34F2N6O3. The number of benzene rings is 1. The van der Waals surface area contributed by atoms with Crippen LogP contribution in [0.4, 0.5) is 30.6 Å². The molecule has 1 aromatic carbocycles. The number of carbonyl (C=O) groups is 1. The number of nitrogens with one attached hydrogen (secondary N) is 1. The third-order valence-corrected chi connectivity index (χ3v) is 7.10. The maximum atomic E-state index is 15.5. The summed E-state index contributed by atoms with van der Waals surface area (Å²) in [7, 11) is 4.60. The molecule has 0 bridgehead atoms. The first-order valence-corrected chi connectivity index (χ1v) is 13.6. The molecule has 42 heavy (non-hydrogen) atoms. The number of hydrogen-bond donors (Lipinski definition) is 1. The van der Waals surface area contributed by atoms with E-state index in [-0.39, 0.29) is 19.5 Å². The summed E-state index contributed by atoms with van der Waals surface area (Å²) in [5.74, 6) is 3.91. The van der Waals surface area contributed by atoms with Crippen LogP contribution in [0.15, 0.2) is 42.9 Å². The molecule has 3 aromatic heterocycles. The van der Waals surface area contributed by atoms with Gasteiger partial charge in [-0.05, 0) is 38.2 Å². The maximum Gasteiger partial charge on any atom is 0.334 e. The van der Waals surface area contributed by atoms with Crippen LogP contribution >= 0.6 is 0 Å². The molecule has 2 amide bonds. The largest absolute Gasteiger partial charge is 0.493 e. The van der Waals surface area contributed by atoms with Gasteiger partial charge in [-0.3, -0.25) is 14.8 Å². The van der Waals surface area contributed by atoms with Crippen molar-refractivity contribution in [3.8, 4) is 23.3 Å². The molecule has 1 aliphatic heterocycles. The molecule has 0 saturated heterocycles. The lowest BCUT2D eigenvalue weighted by molar-refractivity contribution is 0.251. The zero-order valence-electron chi connectivity index (χ0n) is 24.0. The van der Waals surface area contributed by atoms with E-state index in [1.807, 2.05) is 6.07 Å². The molecule has 0 aliphatic carbocycles. The average molecular weight is 577 g/mol. The Labute approximate surface area is 244 Å². The Bertz CT molecular complexity index is 1640. The number of aromatic nitrogens is 3. The van der Waals surface area contributed by atoms with Gasteiger partial charge in [0.25, 0.3) is 0 Å². The van der Waals surface area contributed by atoms with Gasteiger partial charge in [0.05, 0.1) is 32.1 Å². The third kappa shape index (κ3) is 5.45. The fourth-order valence-corrected chi connectivity index (χ4v) is 5.09. The van der Waals surface area contributed by atoms with E-state index >= 15 is 8.78 Å². The first kappa shape index (κ1) is 28.8. The van der Waals surface area contributed by atoms with E-state index in [1.165, 1.54) is 19.1 Å². The van der Waals surface area contributed by atoms with Crippen molar-refractivity contribution in [1.82, 2.24) is 19.9 Å². The zero-order valence-corrected chi connectivity index (χ0v) is 24.0. The molecule has 0 atom stereocenters. The van der Waals surface area contributed by atoms with Crippen LogP contribution in [0.25, 0.3) is 11.0 Å². The van der Waals surface area contributed by atoms with E-state index in [2.05, 4.69) is 45.7 Å². The highest BCUT2D eigenvalue weighted by Gasteiger charge is 2.38. The van der Waals surface area contributed by atoms with Crippen molar-refractivity contribution in [1.29, 1.82) is 0 Å². The highest BCUT2D eigenvalue weighted by atomic mass is 19.1. The summed E-state index contributed by atoms with van der Waals surface area (Å²) in [6.07, 6.45) is 7.06. The van der Waals surface area contributed by atoms with Crippen LogP contribution in [0.1, 0.15) is 32.4 Å². The second-order valence-electron chi connectivity index (χ2n) is 9.94. The zero-order chi connectivity index (χ0) is 29.8. The number of methoxy groups -OCH3 is 2. The number of carbonyl (C=O) groups excluding carboxylic acids is 1. The predicted octanol–water partition coefficient (Wildman–Crippen LogP) is 6.06. The number of fused-ring (bicyclic) bond motifs is 3. The molecule has 0 fully saturated rings. The van der Waals surface area contributed by atoms with E-state index in [0.717, 1.165) is 42.6 Å². The lowest BCUT2D eigenvalue weighted by atomic mass is 10.1. The lowest BCUT2D eigenvalue weighted by Gasteiger charge is -2.37. The molecule has 4 aromatic rings. The van der Waals surface area contributed by atoms with Gasteiger partial charge in [0.15, 0.2) is 23.1 Å². The Morgan fingerprint density at radius 3 is 2.45 bits per heavy atom. The number of H-pyrrole nitrogens is 1. The van der Waals surface area contributed by atoms with Crippen molar-refractivity contribution in [2.24, 2.45) is 0 Å². The Morgan fingerprint density at radius 2 is 1.79 bits per heavy atom. The van der Waals surface area contributed by atoms with E-state index in [9.17, 15) is 4.79 Å². The fourth-order valence-electron chi connectivity index (χ4n) is 5.09. The molecule has 0 radical (unpaired) electrons. The Balaban J connectivity index is 0.00000423. The molecular weight excluding hydrogens is 542 g/mol. The van der Waals surface area contributed by atoms with Crippen LogP contribution < -0.4 is 19.3 Å². The van der Waals surface area contributed by atoms with Crippen LogP contribution in [0.2, 0.25) is 0 Å². The van der Waals surface area contributed by atoms with E-state index in [4.69, 9.17) is 9.47 Å². The Kier molecular flexibility index (Phi) is 8.54. The molecule has 9 nitrogen and oxygen atoms in total. The quantitative estimate of drug-likeness (QED) is 0.244. The monoisotopic (exact) mass is 576 g/mol. The Morgan fingerprint density at radius 1 is 1.07 bits per heavy atom.